The molecule has 1 aliphatic carbocycles. The van der Waals surface area contributed by atoms with Gasteiger partial charge in [-0.3, -0.25) is 4.79 Å². The first kappa shape index (κ1) is 8.53. The molecule has 0 unspecified atom stereocenters. The molecule has 1 aliphatic rings. The molecule has 0 heterocycles. The van der Waals surface area contributed by atoms with Crippen LogP contribution in [0.2, 0.25) is 0 Å². The first-order valence-corrected chi connectivity index (χ1v) is 3.95. The van der Waals surface area contributed by atoms with Crippen molar-refractivity contribution in [2.24, 2.45) is 11.8 Å². The Kier molecular flexibility index (Phi) is 2.88. The standard InChI is InChI=1S/C8H14O3/c1-11-5-6-2-3-7(4-6)8(9)10/h6-7H,2-5H2,1H3,(H,9,10)/t6-,7-/m1/s1. The van der Waals surface area contributed by atoms with Gasteiger partial charge in [-0.2, -0.15) is 0 Å². The molecule has 1 N–H and O–H groups in total. The number of carbonyl (C=O) groups is 1. The lowest BCUT2D eigenvalue weighted by molar-refractivity contribution is -0.141. The molecule has 0 radical (unpaired) electrons. The van der Waals surface area contributed by atoms with Gasteiger partial charge in [-0.25, -0.2) is 0 Å². The Morgan fingerprint density at radius 2 is 2.36 bits per heavy atom. The second kappa shape index (κ2) is 3.72. The third kappa shape index (κ3) is 2.19. The molecule has 3 nitrogen and oxygen atoms in total. The lowest BCUT2D eigenvalue weighted by Crippen LogP contribution is -2.11. The van der Waals surface area contributed by atoms with Crippen molar-refractivity contribution in [2.45, 2.75) is 19.3 Å². The number of ether oxygens (including phenoxy) is 1. The highest BCUT2D eigenvalue weighted by atomic mass is 16.5. The number of carboxylic acid groups (broad SMARTS) is 1. The average molecular weight is 158 g/mol. The van der Waals surface area contributed by atoms with Crippen molar-refractivity contribution >= 4 is 5.97 Å². The van der Waals surface area contributed by atoms with Crippen LogP contribution in [0, 0.1) is 11.8 Å². The molecule has 0 aromatic heterocycles. The topological polar surface area (TPSA) is 46.5 Å². The zero-order valence-electron chi connectivity index (χ0n) is 6.75. The van der Waals surface area contributed by atoms with E-state index >= 15 is 0 Å². The molecule has 3 heteroatoms. The van der Waals surface area contributed by atoms with E-state index in [4.69, 9.17) is 9.84 Å². The number of methoxy groups -OCH3 is 1. The molecule has 64 valence electrons. The molecule has 0 bridgehead atoms. The van der Waals surface area contributed by atoms with Gasteiger partial charge in [0, 0.05) is 13.7 Å². The van der Waals surface area contributed by atoms with Gasteiger partial charge in [0.1, 0.15) is 0 Å². The van der Waals surface area contributed by atoms with E-state index in [1.165, 1.54) is 0 Å². The molecule has 0 amide bonds. The Hall–Kier alpha value is -0.570. The maximum atomic E-state index is 10.5. The molecule has 1 fully saturated rings. The first-order valence-electron chi connectivity index (χ1n) is 3.95. The highest BCUT2D eigenvalue weighted by molar-refractivity contribution is 5.70. The van der Waals surface area contributed by atoms with Crippen molar-refractivity contribution in [3.63, 3.8) is 0 Å². The number of carboxylic acids is 1. The summed E-state index contributed by atoms with van der Waals surface area (Å²) in [5.41, 5.74) is 0. The first-order chi connectivity index (χ1) is 5.24. The summed E-state index contributed by atoms with van der Waals surface area (Å²) in [5, 5.41) is 8.66. The fraction of sp³-hybridized carbons (Fsp3) is 0.875. The second-order valence-electron chi connectivity index (χ2n) is 3.17. The van der Waals surface area contributed by atoms with Crippen LogP contribution in [0.15, 0.2) is 0 Å². The summed E-state index contributed by atoms with van der Waals surface area (Å²) in [4.78, 5) is 10.5. The van der Waals surface area contributed by atoms with Crippen molar-refractivity contribution in [3.05, 3.63) is 0 Å². The Balaban J connectivity index is 2.29. The Bertz CT molecular complexity index is 144. The molecule has 0 saturated heterocycles. The molecule has 1 rings (SSSR count). The highest BCUT2D eigenvalue weighted by Crippen LogP contribution is 2.30. The second-order valence-corrected chi connectivity index (χ2v) is 3.17. The third-order valence-corrected chi connectivity index (χ3v) is 2.29. The largest absolute Gasteiger partial charge is 0.481 e. The number of hydrogen-bond acceptors (Lipinski definition) is 2. The van der Waals surface area contributed by atoms with Gasteiger partial charge in [0.05, 0.1) is 5.92 Å². The summed E-state index contributed by atoms with van der Waals surface area (Å²) in [6, 6.07) is 0. The maximum Gasteiger partial charge on any atom is 0.306 e. The molecule has 1 saturated carbocycles. The lowest BCUT2D eigenvalue weighted by atomic mass is 10.1. The van der Waals surface area contributed by atoms with Crippen LogP contribution < -0.4 is 0 Å². The smallest absolute Gasteiger partial charge is 0.306 e. The van der Waals surface area contributed by atoms with Crippen LogP contribution >= 0.6 is 0 Å². The molecule has 0 aliphatic heterocycles. The van der Waals surface area contributed by atoms with E-state index < -0.39 is 5.97 Å². The van der Waals surface area contributed by atoms with Gasteiger partial charge in [0.25, 0.3) is 0 Å². The van der Waals surface area contributed by atoms with E-state index in [9.17, 15) is 4.79 Å². The third-order valence-electron chi connectivity index (χ3n) is 2.29. The van der Waals surface area contributed by atoms with Gasteiger partial charge in [0.15, 0.2) is 0 Å². The quantitative estimate of drug-likeness (QED) is 0.669. The van der Waals surface area contributed by atoms with Crippen molar-refractivity contribution in [1.82, 2.24) is 0 Å². The van der Waals surface area contributed by atoms with Crippen LogP contribution in [0.3, 0.4) is 0 Å². The Morgan fingerprint density at radius 3 is 2.82 bits per heavy atom. The van der Waals surface area contributed by atoms with Gasteiger partial charge >= 0.3 is 5.97 Å². The van der Waals surface area contributed by atoms with Crippen LogP contribution in [-0.2, 0) is 9.53 Å². The lowest BCUT2D eigenvalue weighted by Gasteiger charge is -2.06. The van der Waals surface area contributed by atoms with Crippen LogP contribution in [0.1, 0.15) is 19.3 Å². The number of hydrogen-bond donors (Lipinski definition) is 1. The van der Waals surface area contributed by atoms with E-state index in [0.717, 1.165) is 19.3 Å². The molecule has 0 aromatic rings. The molecule has 0 spiro atoms. The summed E-state index contributed by atoms with van der Waals surface area (Å²) < 4.78 is 4.96. The Labute approximate surface area is 66.4 Å². The summed E-state index contributed by atoms with van der Waals surface area (Å²) in [6.07, 6.45) is 2.62. The predicted molar refractivity (Wildman–Crippen MR) is 40.3 cm³/mol. The molecular formula is C8H14O3. The zero-order valence-corrected chi connectivity index (χ0v) is 6.75. The normalized spacial score (nSPS) is 30.6. The molecular weight excluding hydrogens is 144 g/mol. The summed E-state index contributed by atoms with van der Waals surface area (Å²) >= 11 is 0. The minimum Gasteiger partial charge on any atom is -0.481 e. The minimum atomic E-state index is -0.649. The molecule has 2 atom stereocenters. The van der Waals surface area contributed by atoms with Crippen molar-refractivity contribution in [2.75, 3.05) is 13.7 Å². The SMILES string of the molecule is COC[C@@H]1CC[C@@H](C(=O)O)C1. The van der Waals surface area contributed by atoms with Gasteiger partial charge in [0.2, 0.25) is 0 Å². The fourth-order valence-electron chi connectivity index (χ4n) is 1.69. The summed E-state index contributed by atoms with van der Waals surface area (Å²) in [5.74, 6) is -0.292. The van der Waals surface area contributed by atoms with E-state index in [1.54, 1.807) is 7.11 Å². The van der Waals surface area contributed by atoms with Crippen molar-refractivity contribution < 1.29 is 14.6 Å². The molecule has 11 heavy (non-hydrogen) atoms. The van der Waals surface area contributed by atoms with Gasteiger partial charge < -0.3 is 9.84 Å². The number of rotatable bonds is 3. The van der Waals surface area contributed by atoms with E-state index in [-0.39, 0.29) is 5.92 Å². The van der Waals surface area contributed by atoms with E-state index in [0.29, 0.717) is 12.5 Å². The monoisotopic (exact) mass is 158 g/mol. The van der Waals surface area contributed by atoms with Gasteiger partial charge in [-0.15, -0.1) is 0 Å². The van der Waals surface area contributed by atoms with Crippen LogP contribution in [0.5, 0.6) is 0 Å². The zero-order chi connectivity index (χ0) is 8.27. The summed E-state index contributed by atoms with van der Waals surface area (Å²) in [7, 11) is 1.66. The maximum absolute atomic E-state index is 10.5. The average Bonchev–Trinajstić information content (AvgIpc) is 2.37. The van der Waals surface area contributed by atoms with Gasteiger partial charge in [-0.05, 0) is 25.2 Å². The van der Waals surface area contributed by atoms with E-state index in [1.807, 2.05) is 0 Å². The Morgan fingerprint density at radius 1 is 1.64 bits per heavy atom. The van der Waals surface area contributed by atoms with Crippen LogP contribution in [-0.4, -0.2) is 24.8 Å². The van der Waals surface area contributed by atoms with E-state index in [2.05, 4.69) is 0 Å². The van der Waals surface area contributed by atoms with Gasteiger partial charge in [-0.1, -0.05) is 0 Å². The molecule has 0 aromatic carbocycles. The van der Waals surface area contributed by atoms with Crippen molar-refractivity contribution in [3.8, 4) is 0 Å². The predicted octanol–water partition coefficient (Wildman–Crippen LogP) is 1.13. The highest BCUT2D eigenvalue weighted by Gasteiger charge is 2.29. The minimum absolute atomic E-state index is 0.116. The fourth-order valence-corrected chi connectivity index (χ4v) is 1.69. The number of aliphatic carboxylic acids is 1. The van der Waals surface area contributed by atoms with Crippen LogP contribution in [0.25, 0.3) is 0 Å². The summed E-state index contributed by atoms with van der Waals surface area (Å²) in [6.45, 7) is 0.712. The van der Waals surface area contributed by atoms with Crippen LogP contribution in [0.4, 0.5) is 0 Å². The van der Waals surface area contributed by atoms with Crippen molar-refractivity contribution in [1.29, 1.82) is 0 Å².